The van der Waals surface area contributed by atoms with Crippen molar-refractivity contribution in [1.82, 2.24) is 19.8 Å². The third-order valence-corrected chi connectivity index (χ3v) is 4.15. The number of hydrogen-bond acceptors (Lipinski definition) is 3. The van der Waals surface area contributed by atoms with Crippen molar-refractivity contribution >= 4 is 0 Å². The van der Waals surface area contributed by atoms with Crippen LogP contribution in [0.4, 0.5) is 0 Å². The van der Waals surface area contributed by atoms with Gasteiger partial charge in [-0.15, -0.1) is 0 Å². The smallest absolute Gasteiger partial charge is 0.0948 e. The number of imidazole rings is 1. The molecule has 2 heterocycles. The fourth-order valence-corrected chi connectivity index (χ4v) is 2.79. The van der Waals surface area contributed by atoms with Gasteiger partial charge in [-0.3, -0.25) is 4.90 Å². The van der Waals surface area contributed by atoms with Gasteiger partial charge in [0.1, 0.15) is 0 Å². The molecule has 1 N–H and O–H groups in total. The van der Waals surface area contributed by atoms with Crippen LogP contribution >= 0.6 is 0 Å². The molecule has 0 radical (unpaired) electrons. The molecule has 4 nitrogen and oxygen atoms in total. The predicted molar refractivity (Wildman–Crippen MR) is 83.7 cm³/mol. The maximum absolute atomic E-state index is 4.26. The zero-order valence-corrected chi connectivity index (χ0v) is 13.5. The largest absolute Gasteiger partial charge is 0.334 e. The van der Waals surface area contributed by atoms with Crippen LogP contribution in [-0.2, 0) is 13.1 Å². The van der Waals surface area contributed by atoms with Gasteiger partial charge in [-0.25, -0.2) is 4.98 Å². The van der Waals surface area contributed by atoms with E-state index in [1.54, 1.807) is 0 Å². The minimum Gasteiger partial charge on any atom is -0.334 e. The minimum absolute atomic E-state index is 0.241. The van der Waals surface area contributed by atoms with E-state index in [1.165, 1.54) is 31.6 Å². The van der Waals surface area contributed by atoms with Gasteiger partial charge in [0.05, 0.1) is 12.0 Å². The molecule has 0 saturated carbocycles. The van der Waals surface area contributed by atoms with Gasteiger partial charge in [-0.05, 0) is 66.1 Å². The van der Waals surface area contributed by atoms with Gasteiger partial charge in [0.25, 0.3) is 0 Å². The molecule has 0 bridgehead atoms. The fraction of sp³-hybridized carbons (Fsp3) is 0.812. The number of rotatable bonds is 5. The summed E-state index contributed by atoms with van der Waals surface area (Å²) < 4.78 is 2.24. The molecule has 20 heavy (non-hydrogen) atoms. The van der Waals surface area contributed by atoms with Gasteiger partial charge in [-0.2, -0.15) is 0 Å². The first-order valence-corrected chi connectivity index (χ1v) is 7.94. The number of nitrogens with zero attached hydrogens (tertiary/aromatic N) is 3. The van der Waals surface area contributed by atoms with Crippen molar-refractivity contribution in [3.63, 3.8) is 0 Å². The highest BCUT2D eigenvalue weighted by molar-refractivity contribution is 4.98. The summed E-state index contributed by atoms with van der Waals surface area (Å²) in [6, 6.07) is 0. The average molecular weight is 278 g/mol. The Bertz CT molecular complexity index is 397. The van der Waals surface area contributed by atoms with E-state index in [0.29, 0.717) is 0 Å². The molecule has 0 spiro atoms. The summed E-state index contributed by atoms with van der Waals surface area (Å²) in [7, 11) is 0. The number of nitrogens with one attached hydrogen (secondary N) is 1. The normalized spacial score (nSPS) is 18.6. The van der Waals surface area contributed by atoms with Crippen LogP contribution in [0.15, 0.2) is 12.5 Å². The molecular weight excluding hydrogens is 248 g/mol. The van der Waals surface area contributed by atoms with Crippen molar-refractivity contribution in [2.24, 2.45) is 5.92 Å². The van der Waals surface area contributed by atoms with E-state index in [9.17, 15) is 0 Å². The molecule has 4 heteroatoms. The van der Waals surface area contributed by atoms with Crippen LogP contribution in [0.1, 0.15) is 46.2 Å². The van der Waals surface area contributed by atoms with E-state index in [-0.39, 0.29) is 5.54 Å². The van der Waals surface area contributed by atoms with Crippen molar-refractivity contribution < 1.29 is 0 Å². The lowest BCUT2D eigenvalue weighted by Crippen LogP contribution is -2.42. The Labute approximate surface area is 123 Å². The van der Waals surface area contributed by atoms with E-state index in [0.717, 1.165) is 25.6 Å². The first kappa shape index (κ1) is 15.5. The molecule has 2 rings (SSSR count). The topological polar surface area (TPSA) is 33.1 Å². The number of likely N-dealkylation sites (tertiary alicyclic amines) is 1. The highest BCUT2D eigenvalue weighted by Gasteiger charge is 2.21. The lowest BCUT2D eigenvalue weighted by atomic mass is 9.95. The first-order chi connectivity index (χ1) is 9.48. The first-order valence-electron chi connectivity index (χ1n) is 7.94. The number of piperidine rings is 1. The van der Waals surface area contributed by atoms with Crippen molar-refractivity contribution in [2.45, 2.75) is 59.2 Å². The molecule has 0 unspecified atom stereocenters. The van der Waals surface area contributed by atoms with Crippen molar-refractivity contribution in [3.05, 3.63) is 18.2 Å². The third-order valence-electron chi connectivity index (χ3n) is 4.15. The van der Waals surface area contributed by atoms with Crippen LogP contribution in [0, 0.1) is 5.92 Å². The fourth-order valence-electron chi connectivity index (χ4n) is 2.79. The second kappa shape index (κ2) is 6.72. The summed E-state index contributed by atoms with van der Waals surface area (Å²) in [5.74, 6) is 0.835. The van der Waals surface area contributed by atoms with Crippen LogP contribution in [0.2, 0.25) is 0 Å². The highest BCUT2D eigenvalue weighted by atomic mass is 15.2. The lowest BCUT2D eigenvalue weighted by molar-refractivity contribution is 0.167. The summed E-state index contributed by atoms with van der Waals surface area (Å²) in [5, 5.41) is 3.64. The molecule has 0 aliphatic carbocycles. The van der Waals surface area contributed by atoms with Crippen molar-refractivity contribution in [1.29, 1.82) is 0 Å². The quantitative estimate of drug-likeness (QED) is 0.898. The molecule has 0 aromatic carbocycles. The van der Waals surface area contributed by atoms with E-state index < -0.39 is 0 Å². The summed E-state index contributed by atoms with van der Waals surface area (Å²) in [5.41, 5.74) is 1.59. The number of hydrogen-bond donors (Lipinski definition) is 1. The Hall–Kier alpha value is -0.870. The van der Waals surface area contributed by atoms with E-state index in [4.69, 9.17) is 0 Å². The molecule has 1 aromatic rings. The van der Waals surface area contributed by atoms with Crippen molar-refractivity contribution in [3.8, 4) is 0 Å². The van der Waals surface area contributed by atoms with E-state index in [2.05, 4.69) is 47.5 Å². The standard InChI is InChI=1S/C16H30N4/c1-5-20-13-17-11-15(20)12-19-8-6-14(7-9-19)10-18-16(2,3)4/h11,13-14,18H,5-10,12H2,1-4H3. The van der Waals surface area contributed by atoms with Crippen LogP contribution in [0.25, 0.3) is 0 Å². The van der Waals surface area contributed by atoms with Crippen LogP contribution in [0.5, 0.6) is 0 Å². The Morgan fingerprint density at radius 2 is 2.00 bits per heavy atom. The van der Waals surface area contributed by atoms with E-state index >= 15 is 0 Å². The van der Waals surface area contributed by atoms with Gasteiger partial charge < -0.3 is 9.88 Å². The molecule has 1 fully saturated rings. The summed E-state index contributed by atoms with van der Waals surface area (Å²) in [6.45, 7) is 14.6. The monoisotopic (exact) mass is 278 g/mol. The van der Waals surface area contributed by atoms with Gasteiger partial charge in [0.15, 0.2) is 0 Å². The minimum atomic E-state index is 0.241. The zero-order chi connectivity index (χ0) is 14.6. The molecule has 1 aliphatic heterocycles. The molecular formula is C16H30N4. The van der Waals surface area contributed by atoms with Crippen LogP contribution in [0.3, 0.4) is 0 Å². The molecule has 114 valence electrons. The summed E-state index contributed by atoms with van der Waals surface area (Å²) in [6.07, 6.45) is 6.57. The van der Waals surface area contributed by atoms with Gasteiger partial charge >= 0.3 is 0 Å². The van der Waals surface area contributed by atoms with Crippen LogP contribution < -0.4 is 5.32 Å². The Balaban J connectivity index is 1.74. The molecule has 0 amide bonds. The van der Waals surface area contributed by atoms with Crippen LogP contribution in [-0.4, -0.2) is 39.6 Å². The second-order valence-electron chi connectivity index (χ2n) is 7.02. The molecule has 1 aliphatic rings. The van der Waals surface area contributed by atoms with Crippen molar-refractivity contribution in [2.75, 3.05) is 19.6 Å². The maximum atomic E-state index is 4.26. The number of aryl methyl sites for hydroxylation is 1. The maximum Gasteiger partial charge on any atom is 0.0948 e. The Morgan fingerprint density at radius 1 is 1.30 bits per heavy atom. The SMILES string of the molecule is CCn1cncc1CN1CCC(CNC(C)(C)C)CC1. The van der Waals surface area contributed by atoms with E-state index in [1.807, 2.05) is 12.5 Å². The zero-order valence-electron chi connectivity index (χ0n) is 13.5. The lowest BCUT2D eigenvalue weighted by Gasteiger charge is -2.33. The van der Waals surface area contributed by atoms with Gasteiger partial charge in [-0.1, -0.05) is 0 Å². The summed E-state index contributed by atoms with van der Waals surface area (Å²) in [4.78, 5) is 6.82. The second-order valence-corrected chi connectivity index (χ2v) is 7.02. The summed E-state index contributed by atoms with van der Waals surface area (Å²) >= 11 is 0. The molecule has 0 atom stereocenters. The molecule has 1 saturated heterocycles. The van der Waals surface area contributed by atoms with Gasteiger partial charge in [0.2, 0.25) is 0 Å². The number of aromatic nitrogens is 2. The Kier molecular flexibility index (Phi) is 5.22. The molecule has 1 aromatic heterocycles. The third kappa shape index (κ3) is 4.60. The Morgan fingerprint density at radius 3 is 2.60 bits per heavy atom. The van der Waals surface area contributed by atoms with Gasteiger partial charge in [0, 0.05) is 24.8 Å². The predicted octanol–water partition coefficient (Wildman–Crippen LogP) is 2.50. The highest BCUT2D eigenvalue weighted by Crippen LogP contribution is 2.19. The average Bonchev–Trinajstić information content (AvgIpc) is 2.84.